The number of nitrogens with one attached hydrogen (secondary N) is 3. The predicted octanol–water partition coefficient (Wildman–Crippen LogP) is 2.36. The first-order valence-corrected chi connectivity index (χ1v) is 7.80. The fourth-order valence-electron chi connectivity index (χ4n) is 2.03. The number of aryl methyl sites for hydroxylation is 1. The first-order chi connectivity index (χ1) is 12.2. The highest BCUT2D eigenvalue weighted by Gasteiger charge is 2.06. The quantitative estimate of drug-likeness (QED) is 0.568. The third-order valence-electron chi connectivity index (χ3n) is 3.29. The molecule has 3 aromatic rings. The van der Waals surface area contributed by atoms with E-state index in [4.69, 9.17) is 4.42 Å². The number of furan rings is 1. The number of hydrogen-bond donors (Lipinski definition) is 3. The maximum absolute atomic E-state index is 11.7. The summed E-state index contributed by atoms with van der Waals surface area (Å²) in [5.41, 5.74) is 1.09. The summed E-state index contributed by atoms with van der Waals surface area (Å²) >= 11 is 0. The van der Waals surface area contributed by atoms with Crippen molar-refractivity contribution in [3.8, 4) is 0 Å². The van der Waals surface area contributed by atoms with E-state index in [-0.39, 0.29) is 5.91 Å². The van der Waals surface area contributed by atoms with Crippen LogP contribution in [0.5, 0.6) is 0 Å². The van der Waals surface area contributed by atoms with Gasteiger partial charge in [0.15, 0.2) is 11.6 Å². The van der Waals surface area contributed by atoms with Crippen molar-refractivity contribution in [1.29, 1.82) is 0 Å². The van der Waals surface area contributed by atoms with Crippen LogP contribution in [0, 0.1) is 6.92 Å². The molecule has 0 aliphatic carbocycles. The molecule has 0 spiro atoms. The van der Waals surface area contributed by atoms with E-state index in [2.05, 4.69) is 31.1 Å². The highest BCUT2D eigenvalue weighted by molar-refractivity contribution is 5.91. The van der Waals surface area contributed by atoms with Crippen molar-refractivity contribution in [3.05, 3.63) is 60.2 Å². The van der Waals surface area contributed by atoms with Gasteiger partial charge < -0.3 is 20.4 Å². The smallest absolute Gasteiger partial charge is 0.287 e. The molecule has 25 heavy (non-hydrogen) atoms. The van der Waals surface area contributed by atoms with Crippen molar-refractivity contribution in [2.75, 3.05) is 23.7 Å². The average molecular weight is 338 g/mol. The molecule has 0 radical (unpaired) electrons. The number of nitrogens with zero attached hydrogens (tertiary/aromatic N) is 3. The Hall–Kier alpha value is -3.42. The molecule has 0 fully saturated rings. The lowest BCUT2D eigenvalue weighted by molar-refractivity contribution is 0.0927. The monoisotopic (exact) mass is 338 g/mol. The molecule has 3 N–H and O–H groups in total. The highest BCUT2D eigenvalue weighted by atomic mass is 16.3. The predicted molar refractivity (Wildman–Crippen MR) is 93.8 cm³/mol. The number of anilines is 3. The second kappa shape index (κ2) is 7.91. The zero-order chi connectivity index (χ0) is 17.5. The maximum Gasteiger partial charge on any atom is 0.287 e. The summed E-state index contributed by atoms with van der Waals surface area (Å²) in [4.78, 5) is 15.9. The largest absolute Gasteiger partial charge is 0.459 e. The molecule has 0 atom stereocenters. The minimum Gasteiger partial charge on any atom is -0.459 e. The Bertz CT molecular complexity index is 800. The lowest BCUT2D eigenvalue weighted by Crippen LogP contribution is -2.28. The lowest BCUT2D eigenvalue weighted by atomic mass is 10.3. The zero-order valence-electron chi connectivity index (χ0n) is 13.7. The van der Waals surface area contributed by atoms with Gasteiger partial charge in [-0.3, -0.25) is 4.79 Å². The van der Waals surface area contributed by atoms with Crippen LogP contribution >= 0.6 is 0 Å². The molecule has 0 saturated carbocycles. The summed E-state index contributed by atoms with van der Waals surface area (Å²) in [6.45, 7) is 2.94. The summed E-state index contributed by atoms with van der Waals surface area (Å²) < 4.78 is 5.01. The van der Waals surface area contributed by atoms with E-state index in [9.17, 15) is 4.79 Å². The number of pyridine rings is 1. The Morgan fingerprint density at radius 1 is 1.04 bits per heavy atom. The number of hydrogen-bond acceptors (Lipinski definition) is 7. The number of rotatable bonds is 7. The molecule has 3 rings (SSSR count). The van der Waals surface area contributed by atoms with Crippen LogP contribution in [-0.2, 0) is 0 Å². The maximum atomic E-state index is 11.7. The van der Waals surface area contributed by atoms with Crippen molar-refractivity contribution in [2.45, 2.75) is 6.92 Å². The first kappa shape index (κ1) is 16.4. The molecule has 0 saturated heterocycles. The van der Waals surface area contributed by atoms with Crippen LogP contribution in [0.4, 0.5) is 17.5 Å². The Labute approximate surface area is 144 Å². The normalized spacial score (nSPS) is 10.3. The fourth-order valence-corrected chi connectivity index (χ4v) is 2.03. The van der Waals surface area contributed by atoms with Gasteiger partial charge in [0.1, 0.15) is 11.6 Å². The lowest BCUT2D eigenvalue weighted by Gasteiger charge is -2.07. The van der Waals surface area contributed by atoms with Gasteiger partial charge in [0, 0.05) is 19.3 Å². The standard InChI is InChI=1S/C17H18N6O2/c1-12-4-5-14(20-11-12)21-16-7-6-15(22-23-16)18-8-9-19-17(24)13-3-2-10-25-13/h2-7,10-11H,8-9H2,1H3,(H,18,22)(H,19,24)(H,20,21,23). The van der Waals surface area contributed by atoms with E-state index < -0.39 is 0 Å². The second-order valence-electron chi connectivity index (χ2n) is 5.31. The van der Waals surface area contributed by atoms with Crippen LogP contribution < -0.4 is 16.0 Å². The molecule has 0 aliphatic rings. The summed E-state index contributed by atoms with van der Waals surface area (Å²) in [5.74, 6) is 1.98. The zero-order valence-corrected chi connectivity index (χ0v) is 13.7. The van der Waals surface area contributed by atoms with Crippen LogP contribution in [0.3, 0.4) is 0 Å². The van der Waals surface area contributed by atoms with Gasteiger partial charge in [-0.1, -0.05) is 6.07 Å². The molecule has 0 bridgehead atoms. The molecule has 8 nitrogen and oxygen atoms in total. The van der Waals surface area contributed by atoms with Crippen molar-refractivity contribution < 1.29 is 9.21 Å². The Morgan fingerprint density at radius 2 is 1.84 bits per heavy atom. The summed E-state index contributed by atoms with van der Waals surface area (Å²) in [5, 5.41) is 17.1. The molecule has 1 amide bonds. The molecular weight excluding hydrogens is 320 g/mol. The number of carbonyl (C=O) groups excluding carboxylic acids is 1. The van der Waals surface area contributed by atoms with Gasteiger partial charge in [-0.2, -0.15) is 0 Å². The molecule has 0 aliphatic heterocycles. The van der Waals surface area contributed by atoms with Crippen LogP contribution in [0.25, 0.3) is 0 Å². The minimum atomic E-state index is -0.247. The Balaban J connectivity index is 1.43. The van der Waals surface area contributed by atoms with Gasteiger partial charge in [-0.25, -0.2) is 4.98 Å². The molecule has 8 heteroatoms. The van der Waals surface area contributed by atoms with Crippen LogP contribution in [0.15, 0.2) is 53.3 Å². The van der Waals surface area contributed by atoms with Gasteiger partial charge in [-0.05, 0) is 42.8 Å². The van der Waals surface area contributed by atoms with Crippen LogP contribution in [0.1, 0.15) is 16.1 Å². The van der Waals surface area contributed by atoms with Gasteiger partial charge in [0.25, 0.3) is 5.91 Å². The van der Waals surface area contributed by atoms with Crippen molar-refractivity contribution >= 4 is 23.4 Å². The highest BCUT2D eigenvalue weighted by Crippen LogP contribution is 2.12. The van der Waals surface area contributed by atoms with Gasteiger partial charge >= 0.3 is 0 Å². The molecule has 3 heterocycles. The van der Waals surface area contributed by atoms with Gasteiger partial charge in [0.05, 0.1) is 6.26 Å². The SMILES string of the molecule is Cc1ccc(Nc2ccc(NCCNC(=O)c3ccco3)nn2)nc1. The summed E-state index contributed by atoms with van der Waals surface area (Å²) in [6, 6.07) is 10.7. The minimum absolute atomic E-state index is 0.247. The van der Waals surface area contributed by atoms with E-state index in [1.165, 1.54) is 6.26 Å². The van der Waals surface area contributed by atoms with Gasteiger partial charge in [0.2, 0.25) is 0 Å². The Kier molecular flexibility index (Phi) is 5.20. The molecule has 128 valence electrons. The number of amides is 1. The second-order valence-corrected chi connectivity index (χ2v) is 5.31. The average Bonchev–Trinajstić information content (AvgIpc) is 3.17. The van der Waals surface area contributed by atoms with E-state index in [0.29, 0.717) is 36.3 Å². The number of carbonyl (C=O) groups is 1. The summed E-state index contributed by atoms with van der Waals surface area (Å²) in [6.07, 6.45) is 3.24. The van der Waals surface area contributed by atoms with E-state index in [1.807, 2.05) is 19.1 Å². The van der Waals surface area contributed by atoms with Crippen molar-refractivity contribution in [3.63, 3.8) is 0 Å². The van der Waals surface area contributed by atoms with E-state index >= 15 is 0 Å². The molecular formula is C17H18N6O2. The molecule has 0 aromatic carbocycles. The third kappa shape index (κ3) is 4.77. The topological polar surface area (TPSA) is 105 Å². The summed E-state index contributed by atoms with van der Waals surface area (Å²) in [7, 11) is 0. The molecule has 0 unspecified atom stereocenters. The molecule has 3 aromatic heterocycles. The van der Waals surface area contributed by atoms with E-state index in [1.54, 1.807) is 30.5 Å². The van der Waals surface area contributed by atoms with Crippen molar-refractivity contribution in [1.82, 2.24) is 20.5 Å². The van der Waals surface area contributed by atoms with Crippen LogP contribution in [-0.4, -0.2) is 34.2 Å². The van der Waals surface area contributed by atoms with Gasteiger partial charge in [-0.15, -0.1) is 10.2 Å². The third-order valence-corrected chi connectivity index (χ3v) is 3.29. The van der Waals surface area contributed by atoms with Crippen molar-refractivity contribution in [2.24, 2.45) is 0 Å². The fraction of sp³-hybridized carbons (Fsp3) is 0.176. The Morgan fingerprint density at radius 3 is 2.52 bits per heavy atom. The van der Waals surface area contributed by atoms with E-state index in [0.717, 1.165) is 5.56 Å². The first-order valence-electron chi connectivity index (χ1n) is 7.80. The number of aromatic nitrogens is 3. The van der Waals surface area contributed by atoms with Crippen LogP contribution in [0.2, 0.25) is 0 Å².